The molecule has 0 amide bonds. The van der Waals surface area contributed by atoms with Crippen LogP contribution in [0, 0.1) is 23.7 Å². The zero-order valence-corrected chi connectivity index (χ0v) is 20.4. The average molecular weight is 491 g/mol. The van der Waals surface area contributed by atoms with Crippen molar-refractivity contribution in [2.24, 2.45) is 11.8 Å². The quantitative estimate of drug-likeness (QED) is 0.436. The van der Waals surface area contributed by atoms with Gasteiger partial charge in [0.1, 0.15) is 18.2 Å². The summed E-state index contributed by atoms with van der Waals surface area (Å²) in [5.41, 5.74) is 2.13. The third-order valence-electron chi connectivity index (χ3n) is 6.91. The van der Waals surface area contributed by atoms with Crippen LogP contribution in [0.3, 0.4) is 0 Å². The van der Waals surface area contributed by atoms with Gasteiger partial charge in [0, 0.05) is 36.9 Å². The van der Waals surface area contributed by atoms with E-state index in [0.29, 0.717) is 37.1 Å². The van der Waals surface area contributed by atoms with Crippen LogP contribution >= 0.6 is 0 Å². The first-order valence-corrected chi connectivity index (χ1v) is 12.3. The number of aliphatic carboxylic acids is 1. The van der Waals surface area contributed by atoms with Crippen molar-refractivity contribution in [1.82, 2.24) is 19.9 Å². The van der Waals surface area contributed by atoms with Gasteiger partial charge < -0.3 is 9.84 Å². The molecule has 0 bridgehead atoms. The molecule has 1 fully saturated rings. The summed E-state index contributed by atoms with van der Waals surface area (Å²) in [5, 5.41) is 10.0. The monoisotopic (exact) mass is 490 g/mol. The lowest BCUT2D eigenvalue weighted by Gasteiger charge is -2.38. The molecule has 0 saturated carbocycles. The fraction of sp³-hybridized carbons (Fsp3) is 0.429. The molecule has 0 spiro atoms. The molecule has 4 rings (SSSR count). The largest absolute Gasteiger partial charge is 0.497 e. The normalized spacial score (nSPS) is 18.8. The number of piperidine rings is 1. The summed E-state index contributed by atoms with van der Waals surface area (Å²) in [6.45, 7) is 2.23. The first-order valence-electron chi connectivity index (χ1n) is 12.3. The molecule has 36 heavy (non-hydrogen) atoms. The lowest BCUT2D eigenvalue weighted by molar-refractivity contribution is -0.137. The van der Waals surface area contributed by atoms with Crippen LogP contribution in [0.5, 0.6) is 5.75 Å². The van der Waals surface area contributed by atoms with Gasteiger partial charge in [0.2, 0.25) is 0 Å². The molecule has 3 heterocycles. The van der Waals surface area contributed by atoms with E-state index in [1.54, 1.807) is 31.8 Å². The molecule has 3 aromatic rings. The second-order valence-corrected chi connectivity index (χ2v) is 9.23. The van der Waals surface area contributed by atoms with Gasteiger partial charge in [-0.25, -0.2) is 14.4 Å². The number of pyridine rings is 1. The Labute approximate surface area is 210 Å². The second kappa shape index (κ2) is 12.4. The number of benzene rings is 1. The van der Waals surface area contributed by atoms with Crippen LogP contribution in [0.15, 0.2) is 49.2 Å². The van der Waals surface area contributed by atoms with Crippen molar-refractivity contribution in [1.29, 1.82) is 0 Å². The minimum absolute atomic E-state index is 0.121. The predicted octanol–water partition coefficient (Wildman–Crippen LogP) is 4.68. The van der Waals surface area contributed by atoms with Gasteiger partial charge in [-0.2, -0.15) is 0 Å². The molecule has 1 aliphatic rings. The highest BCUT2D eigenvalue weighted by atomic mass is 19.1. The van der Waals surface area contributed by atoms with Gasteiger partial charge in [0.05, 0.1) is 24.7 Å². The van der Waals surface area contributed by atoms with E-state index in [-0.39, 0.29) is 18.3 Å². The van der Waals surface area contributed by atoms with Gasteiger partial charge in [-0.15, -0.1) is 0 Å². The molecule has 1 aromatic carbocycles. The maximum Gasteiger partial charge on any atom is 0.303 e. The molecule has 7 nitrogen and oxygen atoms in total. The van der Waals surface area contributed by atoms with Crippen LogP contribution in [0.4, 0.5) is 4.39 Å². The van der Waals surface area contributed by atoms with Crippen molar-refractivity contribution in [3.05, 3.63) is 60.3 Å². The number of carboxylic acids is 1. The summed E-state index contributed by atoms with van der Waals surface area (Å²) >= 11 is 0. The van der Waals surface area contributed by atoms with E-state index in [4.69, 9.17) is 4.74 Å². The summed E-state index contributed by atoms with van der Waals surface area (Å²) in [4.78, 5) is 25.8. The number of aromatic nitrogens is 3. The fourth-order valence-electron chi connectivity index (χ4n) is 5.00. The van der Waals surface area contributed by atoms with E-state index in [0.717, 1.165) is 36.0 Å². The summed E-state index contributed by atoms with van der Waals surface area (Å²) in [6.07, 6.45) is 8.05. The molecule has 0 aliphatic carbocycles. The molecule has 0 radical (unpaired) electrons. The van der Waals surface area contributed by atoms with Gasteiger partial charge in [-0.1, -0.05) is 11.8 Å². The smallest absolute Gasteiger partial charge is 0.303 e. The Balaban J connectivity index is 1.39. The van der Waals surface area contributed by atoms with Gasteiger partial charge in [-0.3, -0.25) is 14.7 Å². The third kappa shape index (κ3) is 6.76. The first-order chi connectivity index (χ1) is 17.5. The van der Waals surface area contributed by atoms with Crippen LogP contribution in [-0.4, -0.2) is 57.7 Å². The van der Waals surface area contributed by atoms with Crippen LogP contribution in [0.1, 0.15) is 49.4 Å². The number of ether oxygens (including phenoxy) is 1. The van der Waals surface area contributed by atoms with Gasteiger partial charge in [0.25, 0.3) is 0 Å². The first kappa shape index (κ1) is 25.5. The SMILES string of the molecule is COc1ccc2nccc([C@H](F)CC[C@@H]3CCN(CC#Cc4cncnc4)C[C@H]3CCC(=O)O)c2c1. The van der Waals surface area contributed by atoms with E-state index in [2.05, 4.69) is 31.7 Å². The number of fused-ring (bicyclic) bond motifs is 1. The van der Waals surface area contributed by atoms with Crippen LogP contribution in [-0.2, 0) is 4.79 Å². The van der Waals surface area contributed by atoms with E-state index < -0.39 is 12.1 Å². The van der Waals surface area contributed by atoms with Gasteiger partial charge >= 0.3 is 5.97 Å². The highest BCUT2D eigenvalue weighted by molar-refractivity contribution is 5.83. The number of methoxy groups -OCH3 is 1. The molecular weight excluding hydrogens is 459 g/mol. The number of rotatable bonds is 9. The van der Waals surface area contributed by atoms with Crippen molar-refractivity contribution in [2.75, 3.05) is 26.7 Å². The van der Waals surface area contributed by atoms with Crippen molar-refractivity contribution >= 4 is 16.9 Å². The number of nitrogens with zero attached hydrogens (tertiary/aromatic N) is 4. The zero-order chi connectivity index (χ0) is 25.3. The maximum absolute atomic E-state index is 15.5. The minimum atomic E-state index is -1.13. The van der Waals surface area contributed by atoms with Gasteiger partial charge in [-0.05, 0) is 73.9 Å². The highest BCUT2D eigenvalue weighted by Gasteiger charge is 2.30. The van der Waals surface area contributed by atoms with Crippen molar-refractivity contribution in [2.45, 2.75) is 38.3 Å². The average Bonchev–Trinajstić information content (AvgIpc) is 2.91. The second-order valence-electron chi connectivity index (χ2n) is 9.23. The molecule has 3 atom stereocenters. The van der Waals surface area contributed by atoms with Gasteiger partial charge in [0.15, 0.2) is 0 Å². The van der Waals surface area contributed by atoms with Crippen LogP contribution < -0.4 is 4.74 Å². The zero-order valence-electron chi connectivity index (χ0n) is 20.4. The van der Waals surface area contributed by atoms with Crippen molar-refractivity contribution in [3.63, 3.8) is 0 Å². The fourth-order valence-corrected chi connectivity index (χ4v) is 5.00. The molecule has 188 valence electrons. The van der Waals surface area contributed by atoms with E-state index in [1.165, 1.54) is 6.33 Å². The Kier molecular flexibility index (Phi) is 8.80. The molecule has 1 saturated heterocycles. The molecule has 0 unspecified atom stereocenters. The summed E-state index contributed by atoms with van der Waals surface area (Å²) in [6, 6.07) is 7.25. The number of alkyl halides is 1. The number of likely N-dealkylation sites (tertiary alicyclic amines) is 1. The summed E-state index contributed by atoms with van der Waals surface area (Å²) in [7, 11) is 1.59. The highest BCUT2D eigenvalue weighted by Crippen LogP contribution is 2.36. The third-order valence-corrected chi connectivity index (χ3v) is 6.91. The Morgan fingerprint density at radius 3 is 2.86 bits per heavy atom. The molecule has 8 heteroatoms. The Hall–Kier alpha value is -3.57. The molecular formula is C28H31FN4O3. The summed E-state index contributed by atoms with van der Waals surface area (Å²) < 4.78 is 20.8. The Morgan fingerprint density at radius 2 is 2.08 bits per heavy atom. The number of halogens is 1. The molecule has 1 N–H and O–H groups in total. The van der Waals surface area contributed by atoms with Crippen LogP contribution in [0.25, 0.3) is 10.9 Å². The lowest BCUT2D eigenvalue weighted by atomic mass is 9.79. The van der Waals surface area contributed by atoms with E-state index in [1.807, 2.05) is 18.2 Å². The lowest BCUT2D eigenvalue weighted by Crippen LogP contribution is -2.41. The van der Waals surface area contributed by atoms with Crippen molar-refractivity contribution in [3.8, 4) is 17.6 Å². The molecule has 2 aromatic heterocycles. The van der Waals surface area contributed by atoms with E-state index >= 15 is 4.39 Å². The Bertz CT molecular complexity index is 1230. The van der Waals surface area contributed by atoms with E-state index in [9.17, 15) is 9.90 Å². The number of hydrogen-bond acceptors (Lipinski definition) is 6. The molecule has 1 aliphatic heterocycles. The number of hydrogen-bond donors (Lipinski definition) is 1. The topological polar surface area (TPSA) is 88.4 Å². The summed E-state index contributed by atoms with van der Waals surface area (Å²) in [5.74, 6) is 6.59. The standard InChI is InChI=1S/C28H31FN4O3/c1-36-23-6-8-27-25(15-23)24(10-12-32-27)26(29)7-4-21-11-14-33(18-22(21)5-9-28(34)35)13-2-3-20-16-30-19-31-17-20/h6,8,10,12,15-17,19,21-22,26H,4-5,7,9,11,13-14,18H2,1H3,(H,34,35)/t21-,22-,26-/m1/s1. The van der Waals surface area contributed by atoms with Crippen molar-refractivity contribution < 1.29 is 19.0 Å². The number of carbonyl (C=O) groups is 1. The Morgan fingerprint density at radius 1 is 1.25 bits per heavy atom. The minimum Gasteiger partial charge on any atom is -0.497 e. The number of carboxylic acid groups (broad SMARTS) is 1. The predicted molar refractivity (Wildman–Crippen MR) is 135 cm³/mol. The van der Waals surface area contributed by atoms with Crippen LogP contribution in [0.2, 0.25) is 0 Å². The maximum atomic E-state index is 15.5.